The maximum absolute atomic E-state index is 6.30. The van der Waals surface area contributed by atoms with Gasteiger partial charge in [-0.2, -0.15) is 0 Å². The highest BCUT2D eigenvalue weighted by molar-refractivity contribution is 5.42. The van der Waals surface area contributed by atoms with E-state index < -0.39 is 0 Å². The van der Waals surface area contributed by atoms with E-state index in [1.807, 2.05) is 12.1 Å². The van der Waals surface area contributed by atoms with Crippen molar-refractivity contribution in [2.45, 2.75) is 44.2 Å². The molecule has 2 aliphatic rings. The van der Waals surface area contributed by atoms with E-state index in [4.69, 9.17) is 14.2 Å². The van der Waals surface area contributed by atoms with Crippen molar-refractivity contribution in [3.8, 4) is 11.5 Å². The fourth-order valence-electron chi connectivity index (χ4n) is 3.82. The van der Waals surface area contributed by atoms with Crippen LogP contribution in [0.25, 0.3) is 0 Å². The number of hydrogen-bond acceptors (Lipinski definition) is 4. The minimum atomic E-state index is 0.374. The molecule has 24 heavy (non-hydrogen) atoms. The maximum atomic E-state index is 6.30. The zero-order valence-corrected chi connectivity index (χ0v) is 14.9. The predicted octanol–water partition coefficient (Wildman–Crippen LogP) is 3.45. The van der Waals surface area contributed by atoms with Crippen molar-refractivity contribution < 1.29 is 14.2 Å². The van der Waals surface area contributed by atoms with Gasteiger partial charge in [0, 0.05) is 19.1 Å². The second-order valence-electron chi connectivity index (χ2n) is 6.63. The Morgan fingerprint density at radius 1 is 1.00 bits per heavy atom. The van der Waals surface area contributed by atoms with Gasteiger partial charge in [-0.3, -0.25) is 4.90 Å². The Morgan fingerprint density at radius 3 is 2.50 bits per heavy atom. The lowest BCUT2D eigenvalue weighted by atomic mass is 9.91. The first-order chi connectivity index (χ1) is 11.8. The third kappa shape index (κ3) is 4.11. The summed E-state index contributed by atoms with van der Waals surface area (Å²) in [4.78, 5) is 2.56. The van der Waals surface area contributed by atoms with E-state index in [-0.39, 0.29) is 0 Å². The zero-order valence-electron chi connectivity index (χ0n) is 14.9. The molecule has 0 amide bonds. The van der Waals surface area contributed by atoms with Crippen LogP contribution in [0.15, 0.2) is 30.4 Å². The van der Waals surface area contributed by atoms with E-state index in [0.717, 1.165) is 37.6 Å². The Kier molecular flexibility index (Phi) is 6.16. The second-order valence-corrected chi connectivity index (χ2v) is 6.63. The van der Waals surface area contributed by atoms with E-state index in [1.165, 1.54) is 31.2 Å². The number of ether oxygens (including phenoxy) is 3. The van der Waals surface area contributed by atoms with E-state index in [9.17, 15) is 0 Å². The highest BCUT2D eigenvalue weighted by Crippen LogP contribution is 2.29. The summed E-state index contributed by atoms with van der Waals surface area (Å²) < 4.78 is 17.0. The van der Waals surface area contributed by atoms with Gasteiger partial charge in [0.15, 0.2) is 11.5 Å². The van der Waals surface area contributed by atoms with Gasteiger partial charge in [0.25, 0.3) is 0 Å². The van der Waals surface area contributed by atoms with Crippen LogP contribution in [0.4, 0.5) is 0 Å². The lowest BCUT2D eigenvalue weighted by Gasteiger charge is -2.37. The molecule has 1 aliphatic carbocycles. The summed E-state index contributed by atoms with van der Waals surface area (Å²) in [6.07, 6.45) is 10.9. The summed E-state index contributed by atoms with van der Waals surface area (Å²) in [6, 6.07) is 6.69. The Bertz CT molecular complexity index is 550. The van der Waals surface area contributed by atoms with E-state index in [2.05, 4.69) is 23.1 Å². The van der Waals surface area contributed by atoms with Crippen LogP contribution in [-0.4, -0.2) is 51.0 Å². The summed E-state index contributed by atoms with van der Waals surface area (Å²) in [5.74, 6) is 1.56. The average molecular weight is 331 g/mol. The van der Waals surface area contributed by atoms with Crippen LogP contribution in [-0.2, 0) is 11.2 Å². The third-order valence-electron chi connectivity index (χ3n) is 5.15. The maximum Gasteiger partial charge on any atom is 0.160 e. The molecular weight excluding hydrogens is 302 g/mol. The fraction of sp³-hybridized carbons (Fsp3) is 0.600. The number of rotatable bonds is 7. The van der Waals surface area contributed by atoms with Crippen LogP contribution in [0.3, 0.4) is 0 Å². The molecule has 3 rings (SSSR count). The van der Waals surface area contributed by atoms with E-state index in [1.54, 1.807) is 14.2 Å². The molecule has 0 N–H and O–H groups in total. The van der Waals surface area contributed by atoms with Crippen LogP contribution < -0.4 is 9.47 Å². The van der Waals surface area contributed by atoms with Crippen molar-refractivity contribution in [1.29, 1.82) is 0 Å². The molecule has 132 valence electrons. The van der Waals surface area contributed by atoms with Crippen LogP contribution >= 0.6 is 0 Å². The van der Waals surface area contributed by atoms with Gasteiger partial charge >= 0.3 is 0 Å². The quantitative estimate of drug-likeness (QED) is 0.716. The van der Waals surface area contributed by atoms with Gasteiger partial charge in [-0.25, -0.2) is 0 Å². The average Bonchev–Trinajstić information content (AvgIpc) is 3.16. The number of benzene rings is 1. The Labute approximate surface area is 145 Å². The number of methoxy groups -OCH3 is 2. The molecule has 0 spiro atoms. The summed E-state index contributed by atoms with van der Waals surface area (Å²) in [5.41, 5.74) is 1.22. The van der Waals surface area contributed by atoms with Gasteiger partial charge in [-0.15, -0.1) is 0 Å². The highest BCUT2D eigenvalue weighted by atomic mass is 16.5. The second kappa shape index (κ2) is 8.54. The van der Waals surface area contributed by atoms with Gasteiger partial charge in [0.2, 0.25) is 0 Å². The van der Waals surface area contributed by atoms with Crippen LogP contribution in [0.1, 0.15) is 31.2 Å². The fourth-order valence-corrected chi connectivity index (χ4v) is 3.82. The summed E-state index contributed by atoms with van der Waals surface area (Å²) in [6.45, 7) is 2.93. The SMILES string of the molecule is COc1ccc(CCO[C@H]2CCCCC2N2CC=CC2)cc1OC. The largest absolute Gasteiger partial charge is 0.493 e. The normalized spacial score (nSPS) is 24.2. The molecule has 0 bridgehead atoms. The Morgan fingerprint density at radius 2 is 1.75 bits per heavy atom. The third-order valence-corrected chi connectivity index (χ3v) is 5.15. The first kappa shape index (κ1) is 17.3. The van der Waals surface area contributed by atoms with Gasteiger partial charge < -0.3 is 14.2 Å². The summed E-state index contributed by atoms with van der Waals surface area (Å²) in [5, 5.41) is 0. The van der Waals surface area contributed by atoms with Gasteiger partial charge in [-0.05, 0) is 37.0 Å². The van der Waals surface area contributed by atoms with Gasteiger partial charge in [0.1, 0.15) is 0 Å². The molecule has 0 aromatic heterocycles. The van der Waals surface area contributed by atoms with Crippen LogP contribution in [0.5, 0.6) is 11.5 Å². The van der Waals surface area contributed by atoms with Crippen molar-refractivity contribution in [3.05, 3.63) is 35.9 Å². The van der Waals surface area contributed by atoms with E-state index >= 15 is 0 Å². The summed E-state index contributed by atoms with van der Waals surface area (Å²) in [7, 11) is 3.34. The van der Waals surface area contributed by atoms with Crippen LogP contribution in [0.2, 0.25) is 0 Å². The molecule has 0 radical (unpaired) electrons. The van der Waals surface area contributed by atoms with Gasteiger partial charge in [0.05, 0.1) is 26.9 Å². The molecule has 1 aromatic rings. The van der Waals surface area contributed by atoms with Crippen molar-refractivity contribution in [3.63, 3.8) is 0 Å². The Balaban J connectivity index is 1.53. The molecule has 1 saturated carbocycles. The predicted molar refractivity (Wildman–Crippen MR) is 96.0 cm³/mol. The molecule has 1 unspecified atom stereocenters. The van der Waals surface area contributed by atoms with Crippen LogP contribution in [0, 0.1) is 0 Å². The lowest BCUT2D eigenvalue weighted by molar-refractivity contribution is -0.0276. The first-order valence-electron chi connectivity index (χ1n) is 9.03. The van der Waals surface area contributed by atoms with Crippen molar-refractivity contribution in [2.24, 2.45) is 0 Å². The highest BCUT2D eigenvalue weighted by Gasteiger charge is 2.30. The zero-order chi connectivity index (χ0) is 16.8. The molecule has 1 aliphatic heterocycles. The van der Waals surface area contributed by atoms with E-state index in [0.29, 0.717) is 12.1 Å². The molecule has 1 heterocycles. The minimum absolute atomic E-state index is 0.374. The smallest absolute Gasteiger partial charge is 0.160 e. The summed E-state index contributed by atoms with van der Waals surface area (Å²) >= 11 is 0. The van der Waals surface area contributed by atoms with Crippen molar-refractivity contribution >= 4 is 0 Å². The number of nitrogens with zero attached hydrogens (tertiary/aromatic N) is 1. The van der Waals surface area contributed by atoms with Gasteiger partial charge in [-0.1, -0.05) is 31.1 Å². The molecular formula is C20H29NO3. The molecule has 1 fully saturated rings. The molecule has 2 atom stereocenters. The lowest BCUT2D eigenvalue weighted by Crippen LogP contribution is -2.45. The van der Waals surface area contributed by atoms with Crippen molar-refractivity contribution in [1.82, 2.24) is 4.90 Å². The number of hydrogen-bond donors (Lipinski definition) is 0. The molecule has 1 aromatic carbocycles. The monoisotopic (exact) mass is 331 g/mol. The minimum Gasteiger partial charge on any atom is -0.493 e. The molecule has 0 saturated heterocycles. The molecule has 4 heteroatoms. The first-order valence-corrected chi connectivity index (χ1v) is 9.03. The van der Waals surface area contributed by atoms with Crippen molar-refractivity contribution in [2.75, 3.05) is 33.9 Å². The standard InChI is InChI=1S/C20H29NO3/c1-22-19-10-9-16(15-20(19)23-2)11-14-24-18-8-4-3-7-17(18)21-12-5-6-13-21/h5-6,9-10,15,17-18H,3-4,7-8,11-14H2,1-2H3/t17?,18-/m0/s1. The Hall–Kier alpha value is -1.52. The molecule has 4 nitrogen and oxygen atoms in total. The topological polar surface area (TPSA) is 30.9 Å².